The zero-order valence-corrected chi connectivity index (χ0v) is 33.2. The van der Waals surface area contributed by atoms with Crippen molar-refractivity contribution in [1.29, 1.82) is 0 Å². The van der Waals surface area contributed by atoms with Crippen molar-refractivity contribution in [3.8, 4) is 0 Å². The fraction of sp³-hybridized carbons (Fsp3) is 0.791. The second kappa shape index (κ2) is 12.4. The van der Waals surface area contributed by atoms with Crippen molar-refractivity contribution in [2.75, 3.05) is 0 Å². The first-order chi connectivity index (χ1) is 22.5. The molecule has 0 aromatic heterocycles. The quantitative estimate of drug-likeness (QED) is 0.169. The highest BCUT2D eigenvalue weighted by molar-refractivity contribution is 6.73. The van der Waals surface area contributed by atoms with Crippen LogP contribution < -0.4 is 0 Å². The summed E-state index contributed by atoms with van der Waals surface area (Å²) in [6.45, 7) is 24.7. The normalized spacial score (nSPS) is 41.6. The number of ether oxygens (including phenoxy) is 1. The van der Waals surface area contributed by atoms with Crippen LogP contribution in [0, 0.1) is 50.2 Å². The van der Waals surface area contributed by atoms with Gasteiger partial charge < -0.3 is 14.3 Å². The highest BCUT2D eigenvalue weighted by Crippen LogP contribution is 2.76. The van der Waals surface area contributed by atoms with Gasteiger partial charge in [0.1, 0.15) is 6.61 Å². The third-order valence-electron chi connectivity index (χ3n) is 16.6. The average molecular weight is 677 g/mol. The minimum Gasteiger partial charge on any atom is -0.460 e. The van der Waals surface area contributed by atoms with E-state index in [-0.39, 0.29) is 51.2 Å². The fourth-order valence-electron chi connectivity index (χ4n) is 13.0. The molecule has 0 saturated heterocycles. The molecule has 5 aliphatic rings. The Labute approximate surface area is 294 Å². The summed E-state index contributed by atoms with van der Waals surface area (Å²) in [7, 11) is -2.08. The van der Waals surface area contributed by atoms with Gasteiger partial charge in [0, 0.05) is 0 Å². The Hall–Kier alpha value is -1.43. The minimum absolute atomic E-state index is 0.0167. The standard InChI is InChI=1S/C43H68O4Si/c1-11-48(12-2,13-3)47-36-28-42(10)31(19-20-34-40(8)23-22-35(44)39(6,7)33(40)21-24-41(34,42)9)32-27-38(4,5)25-26-43(32,36)37(45)46-29-30-17-15-14-16-18-30/h14-19,32-36,44H,11-13,20-29H2,1-10H3/t32-,33-,34+,35-,36+,40-,41+,42+,43+/m0/s1. The van der Waals surface area contributed by atoms with Gasteiger partial charge >= 0.3 is 5.97 Å². The predicted octanol–water partition coefficient (Wildman–Crippen LogP) is 10.9. The Kier molecular flexibility index (Phi) is 9.36. The lowest BCUT2D eigenvalue weighted by molar-refractivity contribution is -0.219. The molecule has 48 heavy (non-hydrogen) atoms. The molecule has 4 nitrogen and oxygen atoms in total. The first-order valence-corrected chi connectivity index (χ1v) is 22.3. The number of hydrogen-bond acceptors (Lipinski definition) is 4. The summed E-state index contributed by atoms with van der Waals surface area (Å²) >= 11 is 0. The molecule has 1 N–H and O–H groups in total. The Balaban J connectivity index is 1.49. The summed E-state index contributed by atoms with van der Waals surface area (Å²) in [5.41, 5.74) is 2.23. The van der Waals surface area contributed by atoms with Gasteiger partial charge in [-0.25, -0.2) is 0 Å². The molecule has 5 aliphatic carbocycles. The fourth-order valence-corrected chi connectivity index (χ4v) is 15.9. The number of rotatable bonds is 8. The molecule has 0 spiro atoms. The van der Waals surface area contributed by atoms with Gasteiger partial charge in [-0.15, -0.1) is 0 Å². The van der Waals surface area contributed by atoms with E-state index in [0.717, 1.165) is 68.6 Å². The van der Waals surface area contributed by atoms with E-state index in [2.05, 4.69) is 87.4 Å². The molecule has 0 unspecified atom stereocenters. The van der Waals surface area contributed by atoms with Crippen LogP contribution in [0.15, 0.2) is 42.0 Å². The molecule has 0 bridgehead atoms. The summed E-state index contributed by atoms with van der Waals surface area (Å²) in [5.74, 6) is 1.17. The number of carbonyl (C=O) groups excluding carboxylic acids is 1. The smallest absolute Gasteiger partial charge is 0.315 e. The molecule has 0 radical (unpaired) electrons. The third-order valence-corrected chi connectivity index (χ3v) is 21.2. The van der Waals surface area contributed by atoms with Crippen molar-refractivity contribution in [2.45, 2.75) is 164 Å². The number of benzene rings is 1. The van der Waals surface area contributed by atoms with E-state index < -0.39 is 13.7 Å². The average Bonchev–Trinajstić information content (AvgIpc) is 3.05. The molecule has 1 aromatic rings. The number of hydrogen-bond donors (Lipinski definition) is 1. The van der Waals surface area contributed by atoms with Crippen LogP contribution in [-0.4, -0.2) is 31.6 Å². The van der Waals surface area contributed by atoms with Gasteiger partial charge in [0.05, 0.1) is 17.6 Å². The molecule has 4 saturated carbocycles. The van der Waals surface area contributed by atoms with Gasteiger partial charge in [0.25, 0.3) is 0 Å². The van der Waals surface area contributed by atoms with E-state index in [9.17, 15) is 5.11 Å². The van der Waals surface area contributed by atoms with Crippen LogP contribution >= 0.6 is 0 Å². The summed E-state index contributed by atoms with van der Waals surface area (Å²) in [5, 5.41) is 11.2. The Morgan fingerprint density at radius 1 is 0.854 bits per heavy atom. The van der Waals surface area contributed by atoms with Gasteiger partial charge in [0.2, 0.25) is 0 Å². The van der Waals surface area contributed by atoms with Crippen LogP contribution in [0.5, 0.6) is 0 Å². The van der Waals surface area contributed by atoms with Crippen molar-refractivity contribution in [1.82, 2.24) is 0 Å². The molecule has 0 aliphatic heterocycles. The van der Waals surface area contributed by atoms with E-state index in [1.807, 2.05) is 18.2 Å². The summed E-state index contributed by atoms with van der Waals surface area (Å²) in [6.07, 6.45) is 11.5. The molecule has 4 fully saturated rings. The number of allylic oxidation sites excluding steroid dienone is 2. The molecule has 5 heteroatoms. The molecule has 9 atom stereocenters. The van der Waals surface area contributed by atoms with Crippen molar-refractivity contribution in [2.24, 2.45) is 50.2 Å². The van der Waals surface area contributed by atoms with Gasteiger partial charge in [-0.2, -0.15) is 0 Å². The molecule has 268 valence electrons. The van der Waals surface area contributed by atoms with Crippen molar-refractivity contribution < 1.29 is 19.1 Å². The van der Waals surface area contributed by atoms with Crippen molar-refractivity contribution in [3.05, 3.63) is 47.5 Å². The van der Waals surface area contributed by atoms with Crippen molar-refractivity contribution in [3.63, 3.8) is 0 Å². The van der Waals surface area contributed by atoms with Gasteiger partial charge in [-0.1, -0.05) is 111 Å². The molecule has 0 amide bonds. The lowest BCUT2D eigenvalue weighted by Crippen LogP contribution is -2.68. The van der Waals surface area contributed by atoms with E-state index in [1.54, 1.807) is 5.57 Å². The number of carbonyl (C=O) groups is 1. The topological polar surface area (TPSA) is 55.8 Å². The largest absolute Gasteiger partial charge is 0.460 e. The van der Waals surface area contributed by atoms with Crippen molar-refractivity contribution >= 4 is 14.3 Å². The second-order valence-corrected chi connectivity index (χ2v) is 24.0. The monoisotopic (exact) mass is 676 g/mol. The van der Waals surface area contributed by atoms with Crippen LogP contribution in [0.1, 0.15) is 133 Å². The Bertz CT molecular complexity index is 1370. The summed E-state index contributed by atoms with van der Waals surface area (Å²) < 4.78 is 14.2. The van der Waals surface area contributed by atoms with E-state index >= 15 is 4.79 Å². The number of aliphatic hydroxyl groups excluding tert-OH is 1. The van der Waals surface area contributed by atoms with Gasteiger partial charge in [-0.3, -0.25) is 4.79 Å². The Morgan fingerprint density at radius 3 is 2.17 bits per heavy atom. The third kappa shape index (κ3) is 5.28. The van der Waals surface area contributed by atoms with Crippen LogP contribution in [0.25, 0.3) is 0 Å². The maximum absolute atomic E-state index is 15.0. The molecular formula is C43H68O4Si. The lowest BCUT2D eigenvalue weighted by Gasteiger charge is -2.72. The second-order valence-electron chi connectivity index (χ2n) is 19.2. The SMILES string of the molecule is CC[Si](CC)(CC)O[C@@H]1C[C@]2(C)C(=CC[C@@H]3[C@@]4(C)CC[C@H](O)C(C)(C)[C@@H]4CC[C@]32C)[C@@H]2CC(C)(C)CC[C@]12C(=O)OCc1ccccc1. The highest BCUT2D eigenvalue weighted by Gasteiger charge is 2.72. The maximum Gasteiger partial charge on any atom is 0.315 e. The Morgan fingerprint density at radius 2 is 1.52 bits per heavy atom. The maximum atomic E-state index is 15.0. The summed E-state index contributed by atoms with van der Waals surface area (Å²) in [6, 6.07) is 13.5. The predicted molar refractivity (Wildman–Crippen MR) is 199 cm³/mol. The zero-order chi connectivity index (χ0) is 35.0. The van der Waals surface area contributed by atoms with Crippen LogP contribution in [0.2, 0.25) is 18.1 Å². The van der Waals surface area contributed by atoms with E-state index in [4.69, 9.17) is 9.16 Å². The number of fused-ring (bicyclic) bond motifs is 7. The zero-order valence-electron chi connectivity index (χ0n) is 32.2. The highest BCUT2D eigenvalue weighted by atomic mass is 28.4. The molecular weight excluding hydrogens is 609 g/mol. The lowest BCUT2D eigenvalue weighted by atomic mass is 9.33. The summed E-state index contributed by atoms with van der Waals surface area (Å²) in [4.78, 5) is 15.0. The van der Waals surface area contributed by atoms with E-state index in [0.29, 0.717) is 18.4 Å². The first kappa shape index (κ1) is 36.4. The molecule has 1 aromatic carbocycles. The van der Waals surface area contributed by atoms with Crippen LogP contribution in [-0.2, 0) is 20.6 Å². The number of esters is 1. The molecule has 6 rings (SSSR count). The number of aliphatic hydroxyl groups is 1. The van der Waals surface area contributed by atoms with Crippen LogP contribution in [0.4, 0.5) is 0 Å². The van der Waals surface area contributed by atoms with Gasteiger partial charge in [0.15, 0.2) is 8.32 Å². The van der Waals surface area contributed by atoms with E-state index in [1.165, 1.54) is 12.8 Å². The van der Waals surface area contributed by atoms with Crippen LogP contribution in [0.3, 0.4) is 0 Å². The molecule has 0 heterocycles. The minimum atomic E-state index is -2.08. The van der Waals surface area contributed by atoms with Gasteiger partial charge in [-0.05, 0) is 126 Å². The first-order valence-electron chi connectivity index (χ1n) is 19.8.